The van der Waals surface area contributed by atoms with Gasteiger partial charge in [-0.1, -0.05) is 24.3 Å². The van der Waals surface area contributed by atoms with E-state index in [0.717, 1.165) is 22.6 Å². The molecule has 2 aromatic carbocycles. The molecule has 0 saturated heterocycles. The molecule has 2 aromatic rings. The summed E-state index contributed by atoms with van der Waals surface area (Å²) in [7, 11) is 3.19. The van der Waals surface area contributed by atoms with Crippen LogP contribution in [0.15, 0.2) is 48.5 Å². The minimum absolute atomic E-state index is 0.242. The van der Waals surface area contributed by atoms with Crippen molar-refractivity contribution in [2.45, 2.75) is 12.5 Å². The molecule has 0 radical (unpaired) electrons. The molecule has 0 unspecified atom stereocenters. The lowest BCUT2D eigenvalue weighted by Crippen LogP contribution is -2.31. The van der Waals surface area contributed by atoms with Crippen LogP contribution in [0.1, 0.15) is 23.6 Å². The zero-order valence-electron chi connectivity index (χ0n) is 14.6. The number of aliphatic carboxylic acids is 1. The summed E-state index contributed by atoms with van der Waals surface area (Å²) in [6.45, 7) is 0. The summed E-state index contributed by atoms with van der Waals surface area (Å²) in [6, 6.07) is 14.5. The van der Waals surface area contributed by atoms with Gasteiger partial charge in [-0.3, -0.25) is 9.59 Å². The molecule has 1 saturated carbocycles. The van der Waals surface area contributed by atoms with Crippen LogP contribution in [-0.2, 0) is 9.59 Å². The summed E-state index contributed by atoms with van der Waals surface area (Å²) in [5, 5.41) is 12.0. The van der Waals surface area contributed by atoms with Crippen molar-refractivity contribution in [2.24, 2.45) is 11.8 Å². The predicted octanol–water partition coefficient (Wildman–Crippen LogP) is 2.63. The van der Waals surface area contributed by atoms with Gasteiger partial charge in [0, 0.05) is 0 Å². The van der Waals surface area contributed by atoms with Crippen molar-refractivity contribution in [1.29, 1.82) is 0 Å². The van der Waals surface area contributed by atoms with Gasteiger partial charge in [-0.2, -0.15) is 0 Å². The fourth-order valence-corrected chi connectivity index (χ4v) is 2.96. The van der Waals surface area contributed by atoms with Crippen LogP contribution >= 0.6 is 0 Å². The lowest BCUT2D eigenvalue weighted by Gasteiger charge is -2.20. The van der Waals surface area contributed by atoms with E-state index >= 15 is 0 Å². The Bertz CT molecular complexity index is 737. The monoisotopic (exact) mass is 355 g/mol. The molecular weight excluding hydrogens is 334 g/mol. The molecule has 0 bridgehead atoms. The van der Waals surface area contributed by atoms with Crippen molar-refractivity contribution >= 4 is 11.9 Å². The second kappa shape index (κ2) is 7.47. The molecule has 1 aliphatic rings. The molecular formula is C20H21NO5. The minimum Gasteiger partial charge on any atom is -0.497 e. The fourth-order valence-electron chi connectivity index (χ4n) is 2.96. The highest BCUT2D eigenvalue weighted by atomic mass is 16.5. The molecule has 1 amide bonds. The zero-order chi connectivity index (χ0) is 18.7. The summed E-state index contributed by atoms with van der Waals surface area (Å²) in [6.07, 6.45) is 0.388. The van der Waals surface area contributed by atoms with Gasteiger partial charge in [0.05, 0.1) is 32.1 Å². The van der Waals surface area contributed by atoms with Crippen LogP contribution in [0.4, 0.5) is 0 Å². The van der Waals surface area contributed by atoms with Crippen molar-refractivity contribution in [1.82, 2.24) is 5.32 Å². The molecule has 2 N–H and O–H groups in total. The fraction of sp³-hybridized carbons (Fsp3) is 0.300. The Morgan fingerprint density at radius 3 is 1.73 bits per heavy atom. The van der Waals surface area contributed by atoms with Gasteiger partial charge in [-0.05, 0) is 41.8 Å². The average molecular weight is 355 g/mol. The molecule has 3 rings (SSSR count). The number of methoxy groups -OCH3 is 2. The summed E-state index contributed by atoms with van der Waals surface area (Å²) in [5.41, 5.74) is 1.77. The number of rotatable bonds is 7. The number of carboxylic acid groups (broad SMARTS) is 1. The maximum atomic E-state index is 12.5. The molecule has 2 atom stereocenters. The molecule has 0 aromatic heterocycles. The Kier molecular flexibility index (Phi) is 5.11. The number of benzene rings is 2. The number of amides is 1. The first-order valence-electron chi connectivity index (χ1n) is 8.34. The van der Waals surface area contributed by atoms with Gasteiger partial charge in [0.2, 0.25) is 5.91 Å². The van der Waals surface area contributed by atoms with Gasteiger partial charge in [0.25, 0.3) is 0 Å². The zero-order valence-corrected chi connectivity index (χ0v) is 14.6. The van der Waals surface area contributed by atoms with Crippen LogP contribution in [0.5, 0.6) is 11.5 Å². The van der Waals surface area contributed by atoms with E-state index in [9.17, 15) is 9.59 Å². The molecule has 6 heteroatoms. The summed E-state index contributed by atoms with van der Waals surface area (Å²) in [4.78, 5) is 23.5. The molecule has 0 spiro atoms. The third-order valence-electron chi connectivity index (χ3n) is 4.63. The van der Waals surface area contributed by atoms with Gasteiger partial charge < -0.3 is 19.9 Å². The molecule has 1 aliphatic carbocycles. The van der Waals surface area contributed by atoms with Crippen LogP contribution in [-0.4, -0.2) is 31.2 Å². The minimum atomic E-state index is -0.921. The number of ether oxygens (including phenoxy) is 2. The first-order chi connectivity index (χ1) is 12.5. The maximum absolute atomic E-state index is 12.5. The number of carbonyl (C=O) groups excluding carboxylic acids is 1. The van der Waals surface area contributed by atoms with Gasteiger partial charge in [0.1, 0.15) is 11.5 Å². The quantitative estimate of drug-likeness (QED) is 0.797. The molecule has 1 fully saturated rings. The van der Waals surface area contributed by atoms with E-state index in [1.54, 1.807) is 14.2 Å². The highest BCUT2D eigenvalue weighted by Crippen LogP contribution is 2.39. The van der Waals surface area contributed by atoms with E-state index in [1.807, 2.05) is 48.5 Å². The Balaban J connectivity index is 1.85. The van der Waals surface area contributed by atoms with E-state index in [1.165, 1.54) is 0 Å². The molecule has 0 heterocycles. The maximum Gasteiger partial charge on any atom is 0.307 e. The molecule has 136 valence electrons. The van der Waals surface area contributed by atoms with Crippen LogP contribution in [0.25, 0.3) is 0 Å². The second-order valence-electron chi connectivity index (χ2n) is 6.27. The van der Waals surface area contributed by atoms with Gasteiger partial charge >= 0.3 is 5.97 Å². The highest BCUT2D eigenvalue weighted by molar-refractivity contribution is 5.89. The van der Waals surface area contributed by atoms with Crippen LogP contribution in [0.2, 0.25) is 0 Å². The van der Waals surface area contributed by atoms with E-state index in [4.69, 9.17) is 14.6 Å². The summed E-state index contributed by atoms with van der Waals surface area (Å²) in [5.74, 6) is -0.762. The van der Waals surface area contributed by atoms with Gasteiger partial charge in [-0.15, -0.1) is 0 Å². The number of carboxylic acids is 1. The van der Waals surface area contributed by atoms with Crippen molar-refractivity contribution in [3.05, 3.63) is 59.7 Å². The SMILES string of the molecule is COc1ccc(C(NC(=O)[C@@H]2C[C@@H]2C(=O)O)c2ccc(OC)cc2)cc1. The normalized spacial score (nSPS) is 18.3. The lowest BCUT2D eigenvalue weighted by molar-refractivity contribution is -0.140. The topological polar surface area (TPSA) is 84.9 Å². The average Bonchev–Trinajstić information content (AvgIpc) is 3.47. The van der Waals surface area contributed by atoms with Crippen molar-refractivity contribution in [2.75, 3.05) is 14.2 Å². The summed E-state index contributed by atoms with van der Waals surface area (Å²) < 4.78 is 10.4. The van der Waals surface area contributed by atoms with Crippen molar-refractivity contribution in [3.8, 4) is 11.5 Å². The van der Waals surface area contributed by atoms with Crippen molar-refractivity contribution < 1.29 is 24.2 Å². The van der Waals surface area contributed by atoms with E-state index < -0.39 is 17.8 Å². The predicted molar refractivity (Wildman–Crippen MR) is 95.2 cm³/mol. The van der Waals surface area contributed by atoms with E-state index in [0.29, 0.717) is 6.42 Å². The van der Waals surface area contributed by atoms with Gasteiger partial charge in [-0.25, -0.2) is 0 Å². The Hall–Kier alpha value is -3.02. The third kappa shape index (κ3) is 3.79. The summed E-state index contributed by atoms with van der Waals surface area (Å²) >= 11 is 0. The first kappa shape index (κ1) is 17.8. The van der Waals surface area contributed by atoms with Crippen LogP contribution in [0.3, 0.4) is 0 Å². The Morgan fingerprint density at radius 1 is 0.923 bits per heavy atom. The number of hydrogen-bond acceptors (Lipinski definition) is 4. The van der Waals surface area contributed by atoms with E-state index in [2.05, 4.69) is 5.32 Å². The largest absolute Gasteiger partial charge is 0.497 e. The number of carbonyl (C=O) groups is 2. The first-order valence-corrected chi connectivity index (χ1v) is 8.34. The lowest BCUT2D eigenvalue weighted by atomic mass is 9.98. The van der Waals surface area contributed by atoms with Crippen molar-refractivity contribution in [3.63, 3.8) is 0 Å². The molecule has 6 nitrogen and oxygen atoms in total. The molecule has 26 heavy (non-hydrogen) atoms. The Labute approximate surface area is 151 Å². The van der Waals surface area contributed by atoms with Crippen LogP contribution in [0, 0.1) is 11.8 Å². The van der Waals surface area contributed by atoms with Crippen LogP contribution < -0.4 is 14.8 Å². The van der Waals surface area contributed by atoms with Gasteiger partial charge in [0.15, 0.2) is 0 Å². The highest BCUT2D eigenvalue weighted by Gasteiger charge is 2.48. The second-order valence-corrected chi connectivity index (χ2v) is 6.27. The Morgan fingerprint density at radius 2 is 1.38 bits per heavy atom. The third-order valence-corrected chi connectivity index (χ3v) is 4.63. The number of nitrogens with one attached hydrogen (secondary N) is 1. The smallest absolute Gasteiger partial charge is 0.307 e. The standard InChI is InChI=1S/C20H21NO5/c1-25-14-7-3-12(4-8-14)18(13-5-9-15(26-2)10-6-13)21-19(22)16-11-17(16)20(23)24/h3-10,16-18H,11H2,1-2H3,(H,21,22)(H,23,24)/t16-,17+/m1/s1. The number of hydrogen-bond donors (Lipinski definition) is 2. The molecule has 0 aliphatic heterocycles. The van der Waals surface area contributed by atoms with E-state index in [-0.39, 0.29) is 11.9 Å².